The third-order valence-corrected chi connectivity index (χ3v) is 6.54. The number of amides is 1. The molecule has 1 amide bonds. The maximum absolute atomic E-state index is 12.9. The minimum Gasteiger partial charge on any atom is -0.392 e. The molecule has 3 heterocycles. The molecule has 2 saturated heterocycles. The Balaban J connectivity index is 1.66. The number of carbonyl (C=O) groups is 1. The molecule has 0 aromatic carbocycles. The number of fused-ring (bicyclic) bond motifs is 2. The Bertz CT molecular complexity index is 606. The molecule has 3 fully saturated rings. The van der Waals surface area contributed by atoms with Gasteiger partial charge < -0.3 is 10.0 Å². The summed E-state index contributed by atoms with van der Waals surface area (Å²) in [6.45, 7) is 3.66. The number of hydrogen-bond acceptors (Lipinski definition) is 4. The van der Waals surface area contributed by atoms with Gasteiger partial charge in [-0.15, -0.1) is 0 Å². The third kappa shape index (κ3) is 2.21. The molecule has 1 saturated carbocycles. The van der Waals surface area contributed by atoms with Crippen molar-refractivity contribution in [3.63, 3.8) is 0 Å². The average Bonchev–Trinajstić information content (AvgIpc) is 2.85. The number of aromatic nitrogens is 1. The second-order valence-electron chi connectivity index (χ2n) is 7.77. The summed E-state index contributed by atoms with van der Waals surface area (Å²) in [5.41, 5.74) is 0.668. The Labute approximate surface area is 137 Å². The van der Waals surface area contributed by atoms with Crippen molar-refractivity contribution >= 4 is 5.91 Å². The summed E-state index contributed by atoms with van der Waals surface area (Å²) in [6.07, 6.45) is 6.11. The number of rotatable bonds is 1. The molecule has 1 N–H and O–H groups in total. The number of hydrogen-bond donors (Lipinski definition) is 1. The maximum atomic E-state index is 12.9. The van der Waals surface area contributed by atoms with Gasteiger partial charge in [-0.1, -0.05) is 6.92 Å². The zero-order valence-electron chi connectivity index (χ0n) is 13.9. The van der Waals surface area contributed by atoms with Crippen LogP contribution in [0.1, 0.15) is 36.5 Å². The number of carbonyl (C=O) groups excluding carboxylic acids is 1. The van der Waals surface area contributed by atoms with Crippen molar-refractivity contribution in [3.05, 3.63) is 30.1 Å². The van der Waals surface area contributed by atoms with Crippen molar-refractivity contribution in [2.75, 3.05) is 20.1 Å². The summed E-state index contributed by atoms with van der Waals surface area (Å²) in [7, 11) is 2.16. The molecule has 5 heteroatoms. The zero-order chi connectivity index (χ0) is 16.2. The van der Waals surface area contributed by atoms with Gasteiger partial charge in [-0.05, 0) is 38.4 Å². The third-order valence-electron chi connectivity index (χ3n) is 6.54. The topological polar surface area (TPSA) is 56.7 Å². The summed E-state index contributed by atoms with van der Waals surface area (Å²) < 4.78 is 0. The molecular weight excluding hydrogens is 290 g/mol. The number of pyridine rings is 1. The van der Waals surface area contributed by atoms with Gasteiger partial charge in [0.2, 0.25) is 0 Å². The highest BCUT2D eigenvalue weighted by molar-refractivity contribution is 5.94. The molecule has 3 bridgehead atoms. The van der Waals surface area contributed by atoms with Crippen LogP contribution in [0.5, 0.6) is 0 Å². The molecule has 1 aromatic rings. The van der Waals surface area contributed by atoms with Gasteiger partial charge in [0.1, 0.15) is 0 Å². The minimum absolute atomic E-state index is 0.0197. The van der Waals surface area contributed by atoms with E-state index < -0.39 is 0 Å². The van der Waals surface area contributed by atoms with Crippen molar-refractivity contribution in [1.29, 1.82) is 0 Å². The fraction of sp³-hybridized carbons (Fsp3) is 0.667. The first-order valence-corrected chi connectivity index (χ1v) is 8.60. The van der Waals surface area contributed by atoms with Crippen LogP contribution in [0.25, 0.3) is 0 Å². The number of aliphatic hydroxyl groups is 1. The first-order valence-electron chi connectivity index (χ1n) is 8.60. The van der Waals surface area contributed by atoms with Gasteiger partial charge in [0.05, 0.1) is 6.10 Å². The minimum atomic E-state index is -0.318. The Kier molecular flexibility index (Phi) is 3.46. The van der Waals surface area contributed by atoms with Gasteiger partial charge in [0, 0.05) is 54.5 Å². The van der Waals surface area contributed by atoms with Gasteiger partial charge in [-0.3, -0.25) is 14.7 Å². The smallest absolute Gasteiger partial charge is 0.254 e. The van der Waals surface area contributed by atoms with E-state index in [2.05, 4.69) is 23.9 Å². The fourth-order valence-corrected chi connectivity index (χ4v) is 5.27. The summed E-state index contributed by atoms with van der Waals surface area (Å²) >= 11 is 0. The highest BCUT2D eigenvalue weighted by atomic mass is 16.3. The molecule has 1 aromatic heterocycles. The lowest BCUT2D eigenvalue weighted by Crippen LogP contribution is -2.53. The summed E-state index contributed by atoms with van der Waals surface area (Å²) in [5, 5.41) is 11.0. The Morgan fingerprint density at radius 2 is 2.04 bits per heavy atom. The number of aliphatic hydroxyl groups excluding tert-OH is 1. The van der Waals surface area contributed by atoms with Crippen LogP contribution in [0.2, 0.25) is 0 Å². The van der Waals surface area contributed by atoms with Crippen molar-refractivity contribution in [2.45, 2.75) is 44.4 Å². The zero-order valence-corrected chi connectivity index (χ0v) is 13.9. The highest BCUT2D eigenvalue weighted by Crippen LogP contribution is 2.52. The molecule has 4 rings (SSSR count). The van der Waals surface area contributed by atoms with Crippen LogP contribution in [-0.4, -0.2) is 64.1 Å². The lowest BCUT2D eigenvalue weighted by atomic mass is 9.64. The first-order chi connectivity index (χ1) is 11.0. The van der Waals surface area contributed by atoms with Gasteiger partial charge >= 0.3 is 0 Å². The average molecular weight is 315 g/mol. The van der Waals surface area contributed by atoms with Gasteiger partial charge in [-0.2, -0.15) is 0 Å². The standard InChI is InChI=1S/C18H25N3O2/c1-18-9-14-11-21(17(23)12-5-7-19-8-6-12)10-13(16(18)22)3-4-15(18)20(14)2/h5-8,13-16,22H,3-4,9-11H2,1-2H3/t13-,14-,15-,16+,18-/m0/s1. The highest BCUT2D eigenvalue weighted by Gasteiger charge is 2.57. The molecule has 0 unspecified atom stereocenters. The first kappa shape index (κ1) is 15.1. The number of nitrogens with zero attached hydrogens (tertiary/aromatic N) is 3. The second-order valence-corrected chi connectivity index (χ2v) is 7.77. The van der Waals surface area contributed by atoms with Crippen LogP contribution in [0.3, 0.4) is 0 Å². The molecule has 0 spiro atoms. The van der Waals surface area contributed by atoms with E-state index in [-0.39, 0.29) is 23.3 Å². The van der Waals surface area contributed by atoms with Crippen molar-refractivity contribution in [1.82, 2.24) is 14.8 Å². The van der Waals surface area contributed by atoms with E-state index in [1.807, 2.05) is 4.90 Å². The summed E-state index contributed by atoms with van der Waals surface area (Å²) in [6, 6.07) is 4.33. The second kappa shape index (κ2) is 5.28. The van der Waals surface area contributed by atoms with Crippen LogP contribution < -0.4 is 0 Å². The van der Waals surface area contributed by atoms with Crippen molar-refractivity contribution in [3.8, 4) is 0 Å². The molecule has 0 radical (unpaired) electrons. The van der Waals surface area contributed by atoms with Gasteiger partial charge in [0.15, 0.2) is 0 Å². The molecular formula is C18H25N3O2. The quantitative estimate of drug-likeness (QED) is 0.851. The molecule has 124 valence electrons. The van der Waals surface area contributed by atoms with E-state index in [0.29, 0.717) is 24.2 Å². The normalized spacial score (nSPS) is 40.0. The predicted molar refractivity (Wildman–Crippen MR) is 86.9 cm³/mol. The fourth-order valence-electron chi connectivity index (χ4n) is 5.27. The van der Waals surface area contributed by atoms with E-state index in [0.717, 1.165) is 25.8 Å². The van der Waals surface area contributed by atoms with Gasteiger partial charge in [0.25, 0.3) is 5.91 Å². The number of likely N-dealkylation sites (N-methyl/N-ethyl adjacent to an activating group) is 1. The molecule has 23 heavy (non-hydrogen) atoms. The number of likely N-dealkylation sites (tertiary alicyclic amines) is 2. The molecule has 3 aliphatic rings. The summed E-state index contributed by atoms with van der Waals surface area (Å²) in [4.78, 5) is 21.3. The van der Waals surface area contributed by atoms with E-state index in [1.165, 1.54) is 0 Å². The Hall–Kier alpha value is -1.46. The summed E-state index contributed by atoms with van der Waals surface area (Å²) in [5.74, 6) is 0.251. The predicted octanol–water partition coefficient (Wildman–Crippen LogP) is 1.39. The van der Waals surface area contributed by atoms with Gasteiger partial charge in [-0.25, -0.2) is 0 Å². The largest absolute Gasteiger partial charge is 0.392 e. The maximum Gasteiger partial charge on any atom is 0.254 e. The van der Waals surface area contributed by atoms with Crippen LogP contribution in [0.15, 0.2) is 24.5 Å². The lowest BCUT2D eigenvalue weighted by Gasteiger charge is -2.47. The molecule has 5 atom stereocenters. The molecule has 5 nitrogen and oxygen atoms in total. The SMILES string of the molecule is CN1[C@@H]2CN(C(=O)c3ccncc3)C[C@@H]3CC[C@H]1[C@](C)(C2)[C@@H]3O. The van der Waals surface area contributed by atoms with Crippen LogP contribution >= 0.6 is 0 Å². The van der Waals surface area contributed by atoms with Crippen LogP contribution in [0.4, 0.5) is 0 Å². The Morgan fingerprint density at radius 1 is 1.30 bits per heavy atom. The van der Waals surface area contributed by atoms with E-state index in [9.17, 15) is 9.90 Å². The van der Waals surface area contributed by atoms with Crippen molar-refractivity contribution < 1.29 is 9.90 Å². The van der Waals surface area contributed by atoms with Crippen LogP contribution in [-0.2, 0) is 0 Å². The Morgan fingerprint density at radius 3 is 2.78 bits per heavy atom. The van der Waals surface area contributed by atoms with E-state index in [1.54, 1.807) is 24.5 Å². The van der Waals surface area contributed by atoms with Crippen molar-refractivity contribution in [2.24, 2.45) is 11.3 Å². The molecule has 1 aliphatic carbocycles. The lowest BCUT2D eigenvalue weighted by molar-refractivity contribution is -0.0661. The van der Waals surface area contributed by atoms with E-state index >= 15 is 0 Å². The monoisotopic (exact) mass is 315 g/mol. The van der Waals surface area contributed by atoms with E-state index in [4.69, 9.17) is 0 Å². The molecule has 2 aliphatic heterocycles. The van der Waals surface area contributed by atoms with Crippen LogP contribution in [0, 0.1) is 11.3 Å².